The Morgan fingerprint density at radius 2 is 2.09 bits per heavy atom. The summed E-state index contributed by atoms with van der Waals surface area (Å²) in [5.74, 6) is 1.01. The Bertz CT molecular complexity index is 520. The molecule has 1 aromatic carbocycles. The van der Waals surface area contributed by atoms with Crippen molar-refractivity contribution in [1.82, 2.24) is 10.2 Å². The average Bonchev–Trinajstić information content (AvgIpc) is 2.50. The molecule has 1 atom stereocenters. The molecule has 0 spiro atoms. The number of benzene rings is 1. The molecule has 23 heavy (non-hydrogen) atoms. The molecule has 0 saturated heterocycles. The number of carbonyl (C=O) groups is 2. The monoisotopic (exact) mass is 321 g/mol. The minimum atomic E-state index is -0.126. The van der Waals surface area contributed by atoms with Crippen LogP contribution in [0.1, 0.15) is 27.2 Å². The quantitative estimate of drug-likeness (QED) is 0.723. The second-order valence-corrected chi connectivity index (χ2v) is 5.68. The maximum Gasteiger partial charge on any atom is 0.317 e. The Labute approximate surface area is 138 Å². The first kappa shape index (κ1) is 18.8. The molecule has 1 rings (SSSR count). The number of ether oxygens (including phenoxy) is 1. The number of amides is 3. The van der Waals surface area contributed by atoms with Gasteiger partial charge in [0.15, 0.2) is 0 Å². The molecule has 6 heteroatoms. The van der Waals surface area contributed by atoms with Crippen molar-refractivity contribution in [3.05, 3.63) is 24.3 Å². The van der Waals surface area contributed by atoms with Gasteiger partial charge in [-0.15, -0.1) is 0 Å². The second kappa shape index (κ2) is 9.71. The molecule has 0 saturated carbocycles. The highest BCUT2D eigenvalue weighted by Gasteiger charge is 2.10. The highest BCUT2D eigenvalue weighted by atomic mass is 16.5. The molecule has 3 amide bonds. The van der Waals surface area contributed by atoms with Crippen LogP contribution < -0.4 is 15.4 Å². The summed E-state index contributed by atoms with van der Waals surface area (Å²) in [6.45, 7) is 7.22. The third-order valence-electron chi connectivity index (χ3n) is 3.43. The molecule has 0 aromatic heterocycles. The standard InChI is InChI=1S/C17H27N3O3/c1-5-13(2)12-20(4)17(22)18-9-10-23-16-8-6-7-15(11-16)19-14(3)21/h6-8,11,13H,5,9-10,12H2,1-4H3,(H,18,22)(H,19,21)/t13-/m1/s1. The normalized spacial score (nSPS) is 11.5. The molecule has 128 valence electrons. The molecule has 0 aliphatic rings. The van der Waals surface area contributed by atoms with Gasteiger partial charge in [0, 0.05) is 32.3 Å². The molecule has 0 aliphatic carbocycles. The van der Waals surface area contributed by atoms with E-state index in [4.69, 9.17) is 4.74 Å². The van der Waals surface area contributed by atoms with Crippen molar-refractivity contribution in [2.75, 3.05) is 32.1 Å². The van der Waals surface area contributed by atoms with E-state index >= 15 is 0 Å². The van der Waals surface area contributed by atoms with Gasteiger partial charge in [0.05, 0.1) is 6.54 Å². The van der Waals surface area contributed by atoms with E-state index in [0.717, 1.165) is 13.0 Å². The zero-order valence-corrected chi connectivity index (χ0v) is 14.4. The van der Waals surface area contributed by atoms with Crippen molar-refractivity contribution in [1.29, 1.82) is 0 Å². The lowest BCUT2D eigenvalue weighted by Gasteiger charge is -2.21. The summed E-state index contributed by atoms with van der Waals surface area (Å²) in [6, 6.07) is 7.06. The Kier molecular flexibility index (Phi) is 7.94. The van der Waals surface area contributed by atoms with Crippen molar-refractivity contribution >= 4 is 17.6 Å². The van der Waals surface area contributed by atoms with Crippen molar-refractivity contribution in [2.24, 2.45) is 5.92 Å². The fourth-order valence-corrected chi connectivity index (χ4v) is 2.01. The van der Waals surface area contributed by atoms with Gasteiger partial charge in [0.1, 0.15) is 12.4 Å². The van der Waals surface area contributed by atoms with Crippen molar-refractivity contribution in [2.45, 2.75) is 27.2 Å². The third kappa shape index (κ3) is 7.54. The van der Waals surface area contributed by atoms with Gasteiger partial charge in [0.25, 0.3) is 0 Å². The van der Waals surface area contributed by atoms with E-state index in [1.54, 1.807) is 30.1 Å². The van der Waals surface area contributed by atoms with E-state index in [1.807, 2.05) is 6.07 Å². The van der Waals surface area contributed by atoms with Crippen LogP contribution in [0.25, 0.3) is 0 Å². The summed E-state index contributed by atoms with van der Waals surface area (Å²) in [6.07, 6.45) is 1.05. The molecule has 0 fully saturated rings. The molecule has 0 radical (unpaired) electrons. The first-order valence-corrected chi connectivity index (χ1v) is 7.91. The van der Waals surface area contributed by atoms with Gasteiger partial charge in [-0.3, -0.25) is 4.79 Å². The Balaban J connectivity index is 2.31. The molecule has 0 bridgehead atoms. The highest BCUT2D eigenvalue weighted by Crippen LogP contribution is 2.17. The zero-order valence-electron chi connectivity index (χ0n) is 14.4. The maximum absolute atomic E-state index is 11.9. The SMILES string of the molecule is CC[C@@H](C)CN(C)C(=O)NCCOc1cccc(NC(C)=O)c1. The van der Waals surface area contributed by atoms with Crippen LogP contribution in [0.4, 0.5) is 10.5 Å². The molecule has 0 heterocycles. The van der Waals surface area contributed by atoms with Crippen LogP contribution in [0, 0.1) is 5.92 Å². The minimum Gasteiger partial charge on any atom is -0.492 e. The van der Waals surface area contributed by atoms with Crippen molar-refractivity contribution < 1.29 is 14.3 Å². The molecular formula is C17H27N3O3. The van der Waals surface area contributed by atoms with Gasteiger partial charge in [-0.05, 0) is 18.1 Å². The number of nitrogens with zero attached hydrogens (tertiary/aromatic N) is 1. The predicted molar refractivity (Wildman–Crippen MR) is 91.7 cm³/mol. The number of nitrogens with one attached hydrogen (secondary N) is 2. The van der Waals surface area contributed by atoms with Crippen LogP contribution in [-0.2, 0) is 4.79 Å². The smallest absolute Gasteiger partial charge is 0.317 e. The van der Waals surface area contributed by atoms with Gasteiger partial charge in [-0.2, -0.15) is 0 Å². The number of hydrogen-bond acceptors (Lipinski definition) is 3. The first-order chi connectivity index (χ1) is 10.9. The van der Waals surface area contributed by atoms with Crippen LogP contribution >= 0.6 is 0 Å². The maximum atomic E-state index is 11.9. The number of carbonyl (C=O) groups excluding carboxylic acids is 2. The lowest BCUT2D eigenvalue weighted by atomic mass is 10.1. The van der Waals surface area contributed by atoms with E-state index in [0.29, 0.717) is 30.5 Å². The summed E-state index contributed by atoms with van der Waals surface area (Å²) >= 11 is 0. The van der Waals surface area contributed by atoms with Crippen LogP contribution in [0.3, 0.4) is 0 Å². The Morgan fingerprint density at radius 1 is 1.35 bits per heavy atom. The van der Waals surface area contributed by atoms with Gasteiger partial charge in [-0.25, -0.2) is 4.79 Å². The lowest BCUT2D eigenvalue weighted by molar-refractivity contribution is -0.114. The fraction of sp³-hybridized carbons (Fsp3) is 0.529. The van der Waals surface area contributed by atoms with E-state index in [1.165, 1.54) is 6.92 Å². The van der Waals surface area contributed by atoms with Gasteiger partial charge < -0.3 is 20.3 Å². The largest absolute Gasteiger partial charge is 0.492 e. The number of rotatable bonds is 8. The lowest BCUT2D eigenvalue weighted by Crippen LogP contribution is -2.41. The van der Waals surface area contributed by atoms with E-state index < -0.39 is 0 Å². The third-order valence-corrected chi connectivity index (χ3v) is 3.43. The van der Waals surface area contributed by atoms with Crippen LogP contribution in [0.5, 0.6) is 5.75 Å². The van der Waals surface area contributed by atoms with E-state index in [9.17, 15) is 9.59 Å². The minimum absolute atomic E-state index is 0.0964. The summed E-state index contributed by atoms with van der Waals surface area (Å²) in [7, 11) is 1.79. The van der Waals surface area contributed by atoms with E-state index in [2.05, 4.69) is 24.5 Å². The number of anilines is 1. The van der Waals surface area contributed by atoms with Crippen LogP contribution in [0.2, 0.25) is 0 Å². The topological polar surface area (TPSA) is 70.7 Å². The number of hydrogen-bond donors (Lipinski definition) is 2. The Hall–Kier alpha value is -2.24. The summed E-state index contributed by atoms with van der Waals surface area (Å²) < 4.78 is 5.58. The molecular weight excluding hydrogens is 294 g/mol. The zero-order chi connectivity index (χ0) is 17.2. The fourth-order valence-electron chi connectivity index (χ4n) is 2.01. The van der Waals surface area contributed by atoms with Gasteiger partial charge in [0.2, 0.25) is 5.91 Å². The summed E-state index contributed by atoms with van der Waals surface area (Å²) in [5, 5.41) is 5.52. The van der Waals surface area contributed by atoms with E-state index in [-0.39, 0.29) is 11.9 Å². The van der Waals surface area contributed by atoms with Crippen molar-refractivity contribution in [3.63, 3.8) is 0 Å². The molecule has 0 aliphatic heterocycles. The summed E-state index contributed by atoms with van der Waals surface area (Å²) in [4.78, 5) is 24.6. The summed E-state index contributed by atoms with van der Waals surface area (Å²) in [5.41, 5.74) is 0.687. The molecule has 2 N–H and O–H groups in total. The Morgan fingerprint density at radius 3 is 2.74 bits per heavy atom. The van der Waals surface area contributed by atoms with Crippen LogP contribution in [-0.4, -0.2) is 43.6 Å². The van der Waals surface area contributed by atoms with Gasteiger partial charge in [-0.1, -0.05) is 26.3 Å². The number of urea groups is 1. The predicted octanol–water partition coefficient (Wildman–Crippen LogP) is 2.71. The van der Waals surface area contributed by atoms with Crippen LogP contribution in [0.15, 0.2) is 24.3 Å². The van der Waals surface area contributed by atoms with Gasteiger partial charge >= 0.3 is 6.03 Å². The average molecular weight is 321 g/mol. The molecule has 1 aromatic rings. The second-order valence-electron chi connectivity index (χ2n) is 5.68. The molecule has 0 unspecified atom stereocenters. The highest BCUT2D eigenvalue weighted by molar-refractivity contribution is 5.88. The first-order valence-electron chi connectivity index (χ1n) is 7.91. The van der Waals surface area contributed by atoms with Crippen molar-refractivity contribution in [3.8, 4) is 5.75 Å². The molecule has 6 nitrogen and oxygen atoms in total.